The van der Waals surface area contributed by atoms with Gasteiger partial charge in [0.15, 0.2) is 0 Å². The van der Waals surface area contributed by atoms with Gasteiger partial charge in [-0.25, -0.2) is 0 Å². The summed E-state index contributed by atoms with van der Waals surface area (Å²) in [5.74, 6) is 0. The molecule has 0 saturated heterocycles. The van der Waals surface area contributed by atoms with Crippen LogP contribution in [0.3, 0.4) is 0 Å². The van der Waals surface area contributed by atoms with E-state index in [0.29, 0.717) is 6.04 Å². The molecule has 2 rings (SSSR count). The van der Waals surface area contributed by atoms with E-state index in [0.717, 1.165) is 16.6 Å². The topological polar surface area (TPSA) is 24.9 Å². The van der Waals surface area contributed by atoms with E-state index in [1.54, 1.807) is 0 Å². The largest absolute Gasteiger partial charge is 0.306 e. The molecule has 0 saturated carbocycles. The van der Waals surface area contributed by atoms with Gasteiger partial charge in [-0.05, 0) is 50.1 Å². The fourth-order valence-electron chi connectivity index (χ4n) is 2.18. The highest BCUT2D eigenvalue weighted by Crippen LogP contribution is 2.14. The minimum atomic E-state index is 0.270. The first-order chi connectivity index (χ1) is 9.15. The average molecular weight is 319 g/mol. The van der Waals surface area contributed by atoms with Gasteiger partial charge < -0.3 is 5.32 Å². The molecule has 100 valence electrons. The Hall–Kier alpha value is -1.19. The Morgan fingerprint density at radius 1 is 1.11 bits per heavy atom. The lowest BCUT2D eigenvalue weighted by molar-refractivity contribution is 0.470. The summed E-state index contributed by atoms with van der Waals surface area (Å²) in [5, 5.41) is 3.58. The third-order valence-corrected chi connectivity index (χ3v) is 3.65. The molecule has 0 aliphatic carbocycles. The first-order valence-corrected chi connectivity index (χ1v) is 7.36. The van der Waals surface area contributed by atoms with Crippen molar-refractivity contribution in [2.45, 2.75) is 32.4 Å². The van der Waals surface area contributed by atoms with Crippen LogP contribution in [0.4, 0.5) is 0 Å². The van der Waals surface area contributed by atoms with Crippen LogP contribution in [0.5, 0.6) is 0 Å². The summed E-state index contributed by atoms with van der Waals surface area (Å²) in [6.45, 7) is 4.36. The molecular formula is C16H19BrN2. The van der Waals surface area contributed by atoms with Crippen LogP contribution in [0, 0.1) is 0 Å². The van der Waals surface area contributed by atoms with Crippen molar-refractivity contribution in [3.63, 3.8) is 0 Å². The van der Waals surface area contributed by atoms with Gasteiger partial charge in [-0.2, -0.15) is 0 Å². The third kappa shape index (κ3) is 4.44. The van der Waals surface area contributed by atoms with E-state index in [1.807, 2.05) is 18.3 Å². The molecule has 2 atom stereocenters. The molecular weight excluding hydrogens is 300 g/mol. The summed E-state index contributed by atoms with van der Waals surface area (Å²) < 4.78 is 1.12. The number of pyridine rings is 1. The zero-order valence-electron chi connectivity index (χ0n) is 11.3. The van der Waals surface area contributed by atoms with E-state index in [2.05, 4.69) is 70.4 Å². The van der Waals surface area contributed by atoms with E-state index in [-0.39, 0.29) is 6.04 Å². The second-order valence-corrected chi connectivity index (χ2v) is 5.79. The molecule has 0 aliphatic heterocycles. The van der Waals surface area contributed by atoms with Gasteiger partial charge in [-0.15, -0.1) is 0 Å². The fourth-order valence-corrected chi connectivity index (χ4v) is 2.44. The number of benzene rings is 1. The molecule has 1 heterocycles. The minimum Gasteiger partial charge on any atom is -0.306 e. The maximum Gasteiger partial charge on any atom is 0.0570 e. The first-order valence-electron chi connectivity index (χ1n) is 6.56. The Morgan fingerprint density at radius 2 is 1.84 bits per heavy atom. The lowest BCUT2D eigenvalue weighted by Gasteiger charge is -2.19. The van der Waals surface area contributed by atoms with Crippen LogP contribution < -0.4 is 5.32 Å². The second kappa shape index (κ2) is 6.83. The molecule has 2 nitrogen and oxygen atoms in total. The normalized spacial score (nSPS) is 14.1. The lowest BCUT2D eigenvalue weighted by atomic mass is 10.1. The Bertz CT molecular complexity index is 496. The summed E-state index contributed by atoms with van der Waals surface area (Å²) in [6.07, 6.45) is 2.86. The monoisotopic (exact) mass is 318 g/mol. The molecule has 1 N–H and O–H groups in total. The van der Waals surface area contributed by atoms with Crippen LogP contribution in [0.25, 0.3) is 0 Å². The minimum absolute atomic E-state index is 0.270. The number of hydrogen-bond acceptors (Lipinski definition) is 2. The summed E-state index contributed by atoms with van der Waals surface area (Å²) in [4.78, 5) is 4.38. The van der Waals surface area contributed by atoms with Crippen molar-refractivity contribution in [1.29, 1.82) is 0 Å². The molecule has 0 aliphatic rings. The summed E-state index contributed by atoms with van der Waals surface area (Å²) in [7, 11) is 0. The molecule has 0 fully saturated rings. The second-order valence-electron chi connectivity index (χ2n) is 4.87. The molecule has 3 heteroatoms. The summed E-state index contributed by atoms with van der Waals surface area (Å²) >= 11 is 3.46. The van der Waals surface area contributed by atoms with E-state index in [9.17, 15) is 0 Å². The predicted molar refractivity (Wildman–Crippen MR) is 83.1 cm³/mol. The van der Waals surface area contributed by atoms with Crippen molar-refractivity contribution in [3.8, 4) is 0 Å². The van der Waals surface area contributed by atoms with Crippen molar-refractivity contribution < 1.29 is 0 Å². The van der Waals surface area contributed by atoms with Crippen molar-refractivity contribution >= 4 is 15.9 Å². The standard InChI is InChI=1S/C16H19BrN2/c1-12(11-14-6-8-15(17)9-7-14)19-13(2)16-5-3-4-10-18-16/h3-10,12-13,19H,11H2,1-2H3/t12?,13-/m1/s1. The van der Waals surface area contributed by atoms with E-state index in [1.165, 1.54) is 5.56 Å². The zero-order chi connectivity index (χ0) is 13.7. The molecule has 1 aromatic heterocycles. The van der Waals surface area contributed by atoms with Gasteiger partial charge >= 0.3 is 0 Å². The van der Waals surface area contributed by atoms with Gasteiger partial charge in [0.05, 0.1) is 5.69 Å². The molecule has 19 heavy (non-hydrogen) atoms. The number of hydrogen-bond donors (Lipinski definition) is 1. The average Bonchev–Trinajstić information content (AvgIpc) is 2.42. The number of aromatic nitrogens is 1. The van der Waals surface area contributed by atoms with E-state index < -0.39 is 0 Å². The first kappa shape index (κ1) is 14.2. The quantitative estimate of drug-likeness (QED) is 0.896. The number of rotatable bonds is 5. The van der Waals surface area contributed by atoms with Crippen LogP contribution in [0.2, 0.25) is 0 Å². The van der Waals surface area contributed by atoms with Crippen molar-refractivity contribution in [2.75, 3.05) is 0 Å². The van der Waals surface area contributed by atoms with Crippen molar-refractivity contribution in [1.82, 2.24) is 10.3 Å². The number of nitrogens with zero attached hydrogens (tertiary/aromatic N) is 1. The lowest BCUT2D eigenvalue weighted by Crippen LogP contribution is -2.31. The van der Waals surface area contributed by atoms with Gasteiger partial charge in [0.1, 0.15) is 0 Å². The highest BCUT2D eigenvalue weighted by molar-refractivity contribution is 9.10. The molecule has 1 aromatic carbocycles. The number of nitrogens with one attached hydrogen (secondary N) is 1. The molecule has 0 bridgehead atoms. The fraction of sp³-hybridized carbons (Fsp3) is 0.312. The molecule has 0 amide bonds. The van der Waals surface area contributed by atoms with Crippen LogP contribution in [0.15, 0.2) is 53.1 Å². The third-order valence-electron chi connectivity index (χ3n) is 3.12. The van der Waals surface area contributed by atoms with Gasteiger partial charge in [-0.1, -0.05) is 34.1 Å². The maximum absolute atomic E-state index is 4.38. The highest BCUT2D eigenvalue weighted by Gasteiger charge is 2.10. The van der Waals surface area contributed by atoms with Crippen LogP contribution in [-0.2, 0) is 6.42 Å². The van der Waals surface area contributed by atoms with Crippen molar-refractivity contribution in [3.05, 3.63) is 64.4 Å². The number of halogens is 1. The van der Waals surface area contributed by atoms with Gasteiger partial charge in [-0.3, -0.25) is 4.98 Å². The zero-order valence-corrected chi connectivity index (χ0v) is 12.9. The molecule has 0 spiro atoms. The van der Waals surface area contributed by atoms with Crippen LogP contribution in [0.1, 0.15) is 31.1 Å². The molecule has 2 aromatic rings. The van der Waals surface area contributed by atoms with Gasteiger partial charge in [0, 0.05) is 22.8 Å². The van der Waals surface area contributed by atoms with Crippen LogP contribution >= 0.6 is 15.9 Å². The smallest absolute Gasteiger partial charge is 0.0570 e. The maximum atomic E-state index is 4.38. The SMILES string of the molecule is CC(Cc1ccc(Br)cc1)N[C@H](C)c1ccccn1. The summed E-state index contributed by atoms with van der Waals surface area (Å²) in [6, 6.07) is 15.2. The van der Waals surface area contributed by atoms with Gasteiger partial charge in [0.25, 0.3) is 0 Å². The van der Waals surface area contributed by atoms with E-state index in [4.69, 9.17) is 0 Å². The Morgan fingerprint density at radius 3 is 2.47 bits per heavy atom. The summed E-state index contributed by atoms with van der Waals surface area (Å²) in [5.41, 5.74) is 2.43. The Kier molecular flexibility index (Phi) is 5.11. The predicted octanol–water partition coefficient (Wildman–Crippen LogP) is 4.13. The Labute approximate surface area is 123 Å². The Balaban J connectivity index is 1.90. The molecule has 1 unspecified atom stereocenters. The van der Waals surface area contributed by atoms with Crippen LogP contribution in [-0.4, -0.2) is 11.0 Å². The van der Waals surface area contributed by atoms with Gasteiger partial charge in [0.2, 0.25) is 0 Å². The van der Waals surface area contributed by atoms with E-state index >= 15 is 0 Å². The molecule has 0 radical (unpaired) electrons. The van der Waals surface area contributed by atoms with Crippen molar-refractivity contribution in [2.24, 2.45) is 0 Å². The highest BCUT2D eigenvalue weighted by atomic mass is 79.9.